The maximum Gasteiger partial charge on any atom is 0.223 e. The number of rotatable bonds is 1. The molecule has 1 fully saturated rings. The van der Waals surface area contributed by atoms with Gasteiger partial charge in [0.1, 0.15) is 0 Å². The van der Waals surface area contributed by atoms with Gasteiger partial charge in [0.2, 0.25) is 5.95 Å². The van der Waals surface area contributed by atoms with Crippen LogP contribution in [-0.4, -0.2) is 48.1 Å². The first-order valence-electron chi connectivity index (χ1n) is 6.31. The molecule has 1 aromatic rings. The summed E-state index contributed by atoms with van der Waals surface area (Å²) in [6.45, 7) is 4.50. The molecular weight excluding hydrogens is 218 g/mol. The fourth-order valence-electron chi connectivity index (χ4n) is 2.42. The van der Waals surface area contributed by atoms with E-state index in [1.54, 1.807) is 0 Å². The Morgan fingerprint density at radius 2 is 2.29 bits per heavy atom. The molecular formula is C11H19N5O. The summed E-state index contributed by atoms with van der Waals surface area (Å²) in [4.78, 5) is 6.83. The van der Waals surface area contributed by atoms with Crippen LogP contribution in [0.15, 0.2) is 0 Å². The van der Waals surface area contributed by atoms with Crippen LogP contribution in [0.1, 0.15) is 24.7 Å². The van der Waals surface area contributed by atoms with Crippen LogP contribution >= 0.6 is 0 Å². The SMILES string of the molecule is CN1CCCn2nc(C3CCOCCN3)nc21. The molecule has 0 saturated carbocycles. The van der Waals surface area contributed by atoms with Gasteiger partial charge in [-0.1, -0.05) is 0 Å². The van der Waals surface area contributed by atoms with Crippen LogP contribution in [0.25, 0.3) is 0 Å². The zero-order chi connectivity index (χ0) is 11.7. The van der Waals surface area contributed by atoms with Gasteiger partial charge < -0.3 is 15.0 Å². The van der Waals surface area contributed by atoms with E-state index in [-0.39, 0.29) is 6.04 Å². The van der Waals surface area contributed by atoms with Crippen molar-refractivity contribution in [3.8, 4) is 0 Å². The van der Waals surface area contributed by atoms with Gasteiger partial charge in [0.15, 0.2) is 5.82 Å². The number of fused-ring (bicyclic) bond motifs is 1. The number of aryl methyl sites for hydroxylation is 1. The molecule has 17 heavy (non-hydrogen) atoms. The number of ether oxygens (including phenoxy) is 1. The fourth-order valence-corrected chi connectivity index (χ4v) is 2.42. The largest absolute Gasteiger partial charge is 0.380 e. The van der Waals surface area contributed by atoms with E-state index in [2.05, 4.69) is 27.3 Å². The zero-order valence-electron chi connectivity index (χ0n) is 10.2. The average molecular weight is 237 g/mol. The third-order valence-corrected chi connectivity index (χ3v) is 3.37. The lowest BCUT2D eigenvalue weighted by Crippen LogP contribution is -2.28. The molecule has 0 radical (unpaired) electrons. The molecule has 2 aliphatic heterocycles. The summed E-state index contributed by atoms with van der Waals surface area (Å²) < 4.78 is 7.45. The van der Waals surface area contributed by atoms with E-state index in [4.69, 9.17) is 4.74 Å². The van der Waals surface area contributed by atoms with Gasteiger partial charge in [-0.15, -0.1) is 0 Å². The van der Waals surface area contributed by atoms with Crippen LogP contribution < -0.4 is 10.2 Å². The molecule has 6 heteroatoms. The zero-order valence-corrected chi connectivity index (χ0v) is 10.2. The normalized spacial score (nSPS) is 25.5. The fraction of sp³-hybridized carbons (Fsp3) is 0.818. The first kappa shape index (κ1) is 11.0. The lowest BCUT2D eigenvalue weighted by molar-refractivity contribution is 0.149. The topological polar surface area (TPSA) is 55.2 Å². The van der Waals surface area contributed by atoms with Crippen molar-refractivity contribution in [2.75, 3.05) is 38.3 Å². The average Bonchev–Trinajstić information content (AvgIpc) is 2.59. The molecule has 1 aromatic heterocycles. The van der Waals surface area contributed by atoms with Gasteiger partial charge in [0.05, 0.1) is 12.6 Å². The molecule has 6 nitrogen and oxygen atoms in total. The van der Waals surface area contributed by atoms with Gasteiger partial charge in [-0.05, 0) is 12.8 Å². The Kier molecular flexibility index (Phi) is 2.98. The van der Waals surface area contributed by atoms with Crippen molar-refractivity contribution in [1.29, 1.82) is 0 Å². The van der Waals surface area contributed by atoms with E-state index >= 15 is 0 Å². The van der Waals surface area contributed by atoms with Gasteiger partial charge >= 0.3 is 0 Å². The van der Waals surface area contributed by atoms with Crippen molar-refractivity contribution in [1.82, 2.24) is 20.1 Å². The summed E-state index contributed by atoms with van der Waals surface area (Å²) in [6.07, 6.45) is 2.10. The summed E-state index contributed by atoms with van der Waals surface area (Å²) in [5.74, 6) is 1.91. The first-order valence-corrected chi connectivity index (χ1v) is 6.31. The third kappa shape index (κ3) is 2.14. The Morgan fingerprint density at radius 1 is 1.35 bits per heavy atom. The highest BCUT2D eigenvalue weighted by atomic mass is 16.5. The van der Waals surface area contributed by atoms with E-state index in [0.717, 1.165) is 57.5 Å². The van der Waals surface area contributed by atoms with Gasteiger partial charge in [-0.2, -0.15) is 10.1 Å². The Morgan fingerprint density at radius 3 is 3.18 bits per heavy atom. The van der Waals surface area contributed by atoms with Crippen molar-refractivity contribution in [2.45, 2.75) is 25.4 Å². The number of hydrogen-bond donors (Lipinski definition) is 1. The van der Waals surface area contributed by atoms with Crippen molar-refractivity contribution < 1.29 is 4.74 Å². The lowest BCUT2D eigenvalue weighted by Gasteiger charge is -2.22. The summed E-state index contributed by atoms with van der Waals surface area (Å²) in [6, 6.07) is 0.240. The summed E-state index contributed by atoms with van der Waals surface area (Å²) >= 11 is 0. The second kappa shape index (κ2) is 4.62. The van der Waals surface area contributed by atoms with Crippen molar-refractivity contribution in [3.63, 3.8) is 0 Å². The van der Waals surface area contributed by atoms with Crippen LogP contribution in [0.4, 0.5) is 5.95 Å². The Bertz CT molecular complexity index is 383. The van der Waals surface area contributed by atoms with Crippen molar-refractivity contribution in [2.24, 2.45) is 0 Å². The minimum absolute atomic E-state index is 0.240. The molecule has 0 bridgehead atoms. The van der Waals surface area contributed by atoms with E-state index in [1.165, 1.54) is 0 Å². The summed E-state index contributed by atoms with van der Waals surface area (Å²) in [7, 11) is 2.08. The molecule has 0 spiro atoms. The standard InChI is InChI=1S/C11H19N5O/c1-15-5-2-6-16-11(15)13-10(14-16)9-3-7-17-8-4-12-9/h9,12H,2-8H2,1H3. The maximum atomic E-state index is 5.43. The van der Waals surface area contributed by atoms with E-state index in [1.807, 2.05) is 4.68 Å². The number of aromatic nitrogens is 3. The van der Waals surface area contributed by atoms with E-state index < -0.39 is 0 Å². The van der Waals surface area contributed by atoms with Crippen molar-refractivity contribution >= 4 is 5.95 Å². The second-order valence-corrected chi connectivity index (χ2v) is 4.68. The molecule has 1 unspecified atom stereocenters. The van der Waals surface area contributed by atoms with E-state index in [9.17, 15) is 0 Å². The number of anilines is 1. The predicted octanol–water partition coefficient (Wildman–Crippen LogP) is 0.169. The highest BCUT2D eigenvalue weighted by Gasteiger charge is 2.23. The van der Waals surface area contributed by atoms with Crippen LogP contribution in [0.3, 0.4) is 0 Å². The molecule has 1 N–H and O–H groups in total. The minimum atomic E-state index is 0.240. The molecule has 1 saturated heterocycles. The highest BCUT2D eigenvalue weighted by molar-refractivity contribution is 5.31. The molecule has 1 atom stereocenters. The van der Waals surface area contributed by atoms with Gasteiger partial charge in [-0.3, -0.25) is 0 Å². The summed E-state index contributed by atoms with van der Waals surface area (Å²) in [5.41, 5.74) is 0. The van der Waals surface area contributed by atoms with Gasteiger partial charge in [0, 0.05) is 33.3 Å². The number of nitrogens with zero attached hydrogens (tertiary/aromatic N) is 4. The van der Waals surface area contributed by atoms with Crippen LogP contribution in [0.5, 0.6) is 0 Å². The Hall–Kier alpha value is -1.14. The number of hydrogen-bond acceptors (Lipinski definition) is 5. The lowest BCUT2D eigenvalue weighted by atomic mass is 10.2. The van der Waals surface area contributed by atoms with E-state index in [0.29, 0.717) is 0 Å². The molecule has 3 rings (SSSR count). The highest BCUT2D eigenvalue weighted by Crippen LogP contribution is 2.21. The molecule has 94 valence electrons. The third-order valence-electron chi connectivity index (χ3n) is 3.37. The van der Waals surface area contributed by atoms with Crippen molar-refractivity contribution in [3.05, 3.63) is 5.82 Å². The first-order chi connectivity index (χ1) is 8.34. The minimum Gasteiger partial charge on any atom is -0.380 e. The molecule has 0 aromatic carbocycles. The second-order valence-electron chi connectivity index (χ2n) is 4.68. The van der Waals surface area contributed by atoms with Crippen LogP contribution in [0.2, 0.25) is 0 Å². The number of nitrogens with one attached hydrogen (secondary N) is 1. The monoisotopic (exact) mass is 237 g/mol. The van der Waals surface area contributed by atoms with Crippen LogP contribution in [-0.2, 0) is 11.3 Å². The van der Waals surface area contributed by atoms with Crippen LogP contribution in [0, 0.1) is 0 Å². The predicted molar refractivity (Wildman–Crippen MR) is 64.1 cm³/mol. The summed E-state index contributed by atoms with van der Waals surface area (Å²) in [5, 5.41) is 8.05. The molecule has 0 aliphatic carbocycles. The Balaban J connectivity index is 1.83. The Labute approximate surface area is 101 Å². The quantitative estimate of drug-likeness (QED) is 0.754. The smallest absolute Gasteiger partial charge is 0.223 e. The molecule has 3 heterocycles. The maximum absolute atomic E-state index is 5.43. The van der Waals surface area contributed by atoms with Gasteiger partial charge in [0.25, 0.3) is 0 Å². The molecule has 2 aliphatic rings. The molecule has 0 amide bonds. The van der Waals surface area contributed by atoms with Gasteiger partial charge in [-0.25, -0.2) is 4.68 Å².